The number of hydrogen-bond acceptors (Lipinski definition) is 5. The number of sulfonamides is 1. The van der Waals surface area contributed by atoms with Crippen molar-refractivity contribution >= 4 is 33.7 Å². The second-order valence-corrected chi connectivity index (χ2v) is 8.60. The smallest absolute Gasteiger partial charge is 0.387 e. The molecule has 0 N–H and O–H groups in total. The summed E-state index contributed by atoms with van der Waals surface area (Å²) in [6.07, 6.45) is 2.59. The molecule has 0 radical (unpaired) electrons. The number of alkyl halides is 2. The van der Waals surface area contributed by atoms with Crippen molar-refractivity contribution in [2.24, 2.45) is 0 Å². The lowest BCUT2D eigenvalue weighted by Crippen LogP contribution is -2.30. The van der Waals surface area contributed by atoms with Crippen molar-refractivity contribution in [3.05, 3.63) is 64.7 Å². The van der Waals surface area contributed by atoms with Gasteiger partial charge in [0.15, 0.2) is 0 Å². The molecule has 0 heterocycles. The Morgan fingerprint density at radius 3 is 2.35 bits per heavy atom. The molecule has 0 unspecified atom stereocenters. The summed E-state index contributed by atoms with van der Waals surface area (Å²) in [4.78, 5) is 12.1. The molecule has 0 atom stereocenters. The van der Waals surface area contributed by atoms with Gasteiger partial charge in [-0.15, -0.1) is 0 Å². The highest BCUT2D eigenvalue weighted by Crippen LogP contribution is 2.25. The van der Waals surface area contributed by atoms with E-state index in [-0.39, 0.29) is 27.8 Å². The van der Waals surface area contributed by atoms with Gasteiger partial charge in [0.05, 0.1) is 4.90 Å². The van der Waals surface area contributed by atoms with Gasteiger partial charge in [-0.2, -0.15) is 13.1 Å². The zero-order valence-electron chi connectivity index (χ0n) is 16.9. The summed E-state index contributed by atoms with van der Waals surface area (Å²) in [6, 6.07) is 10.1. The maximum atomic E-state index is 12.5. The van der Waals surface area contributed by atoms with E-state index >= 15 is 0 Å². The quantitative estimate of drug-likeness (QED) is 0.368. The molecule has 10 heteroatoms. The van der Waals surface area contributed by atoms with E-state index in [1.807, 2.05) is 0 Å². The Labute approximate surface area is 185 Å². The molecule has 0 aromatic heterocycles. The van der Waals surface area contributed by atoms with Crippen LogP contribution in [0.3, 0.4) is 0 Å². The summed E-state index contributed by atoms with van der Waals surface area (Å²) in [5.41, 5.74) is 0.778. The lowest BCUT2D eigenvalue weighted by molar-refractivity contribution is -0.139. The van der Waals surface area contributed by atoms with Crippen molar-refractivity contribution in [3.8, 4) is 5.75 Å². The average molecular weight is 474 g/mol. The largest absolute Gasteiger partial charge is 0.458 e. The number of benzene rings is 2. The van der Waals surface area contributed by atoms with Gasteiger partial charge in [0, 0.05) is 29.8 Å². The minimum Gasteiger partial charge on any atom is -0.458 e. The highest BCUT2D eigenvalue weighted by atomic mass is 35.5. The minimum atomic E-state index is -3.56. The van der Waals surface area contributed by atoms with Crippen LogP contribution in [0.5, 0.6) is 5.75 Å². The maximum absolute atomic E-state index is 12.5. The number of carbonyl (C=O) groups is 1. The highest BCUT2D eigenvalue weighted by Gasteiger charge is 2.21. The molecule has 0 fully saturated rings. The number of esters is 1. The fourth-order valence-electron chi connectivity index (χ4n) is 2.70. The van der Waals surface area contributed by atoms with Gasteiger partial charge in [-0.05, 0) is 42.0 Å². The Hall–Kier alpha value is -2.49. The van der Waals surface area contributed by atoms with Crippen molar-refractivity contribution in [1.29, 1.82) is 0 Å². The SMILES string of the molecule is CCN(CC)S(=O)(=O)c1ccc(/C=C/C(=O)OCc2cc(Cl)ccc2OC(F)F)cc1. The van der Waals surface area contributed by atoms with Gasteiger partial charge in [0.2, 0.25) is 10.0 Å². The van der Waals surface area contributed by atoms with Crippen LogP contribution in [0.15, 0.2) is 53.4 Å². The minimum absolute atomic E-state index is 0.138. The van der Waals surface area contributed by atoms with E-state index in [9.17, 15) is 22.0 Å². The van der Waals surface area contributed by atoms with Gasteiger partial charge in [-0.25, -0.2) is 13.2 Å². The molecular weight excluding hydrogens is 452 g/mol. The molecule has 0 spiro atoms. The van der Waals surface area contributed by atoms with Crippen LogP contribution in [0.25, 0.3) is 6.08 Å². The van der Waals surface area contributed by atoms with Crippen LogP contribution < -0.4 is 4.74 Å². The predicted molar refractivity (Wildman–Crippen MR) is 113 cm³/mol. The summed E-state index contributed by atoms with van der Waals surface area (Å²) in [5.74, 6) is -0.857. The first-order valence-electron chi connectivity index (χ1n) is 9.35. The number of ether oxygens (including phenoxy) is 2. The number of nitrogens with zero attached hydrogens (tertiary/aromatic N) is 1. The summed E-state index contributed by atoms with van der Waals surface area (Å²) in [5, 5.41) is 0.281. The van der Waals surface area contributed by atoms with Crippen LogP contribution in [0.4, 0.5) is 8.78 Å². The summed E-state index contributed by atoms with van der Waals surface area (Å²) >= 11 is 5.85. The molecule has 0 aliphatic rings. The molecule has 2 rings (SSSR count). The number of carbonyl (C=O) groups excluding carboxylic acids is 1. The second-order valence-electron chi connectivity index (χ2n) is 6.23. The van der Waals surface area contributed by atoms with Gasteiger partial charge in [-0.1, -0.05) is 37.6 Å². The van der Waals surface area contributed by atoms with E-state index in [0.29, 0.717) is 18.7 Å². The molecule has 0 aliphatic heterocycles. The molecule has 31 heavy (non-hydrogen) atoms. The maximum Gasteiger partial charge on any atom is 0.387 e. The van der Waals surface area contributed by atoms with E-state index in [1.54, 1.807) is 26.0 Å². The van der Waals surface area contributed by atoms with E-state index in [2.05, 4.69) is 4.74 Å². The van der Waals surface area contributed by atoms with Crippen molar-refractivity contribution in [3.63, 3.8) is 0 Å². The van der Waals surface area contributed by atoms with E-state index < -0.39 is 22.6 Å². The van der Waals surface area contributed by atoms with Crippen LogP contribution in [-0.2, 0) is 26.2 Å². The second kappa shape index (κ2) is 11.2. The Balaban J connectivity index is 2.02. The number of rotatable bonds is 10. The van der Waals surface area contributed by atoms with Crippen LogP contribution in [0.2, 0.25) is 5.02 Å². The Bertz CT molecular complexity index is 1020. The van der Waals surface area contributed by atoms with Crippen molar-refractivity contribution < 1.29 is 31.5 Å². The Kier molecular flexibility index (Phi) is 8.97. The van der Waals surface area contributed by atoms with E-state index in [1.165, 1.54) is 40.7 Å². The van der Waals surface area contributed by atoms with Crippen LogP contribution in [-0.4, -0.2) is 38.4 Å². The predicted octanol–water partition coefficient (Wildman–Crippen LogP) is 4.73. The monoisotopic (exact) mass is 473 g/mol. The van der Waals surface area contributed by atoms with Gasteiger partial charge < -0.3 is 9.47 Å². The van der Waals surface area contributed by atoms with Crippen molar-refractivity contribution in [1.82, 2.24) is 4.31 Å². The van der Waals surface area contributed by atoms with E-state index in [0.717, 1.165) is 6.08 Å². The lowest BCUT2D eigenvalue weighted by atomic mass is 10.2. The number of halogens is 3. The molecular formula is C21H22ClF2NO5S. The summed E-state index contributed by atoms with van der Waals surface area (Å²) in [7, 11) is -3.56. The normalized spacial score (nSPS) is 12.0. The summed E-state index contributed by atoms with van der Waals surface area (Å²) in [6.45, 7) is 0.911. The fourth-order valence-corrected chi connectivity index (χ4v) is 4.35. The molecule has 0 amide bonds. The molecule has 2 aromatic carbocycles. The summed E-state index contributed by atoms with van der Waals surface area (Å²) < 4.78 is 60.7. The third-order valence-corrected chi connectivity index (χ3v) is 6.54. The zero-order chi connectivity index (χ0) is 23.0. The zero-order valence-corrected chi connectivity index (χ0v) is 18.5. The molecule has 0 saturated heterocycles. The first-order valence-corrected chi connectivity index (χ1v) is 11.2. The third kappa shape index (κ3) is 7.02. The molecule has 6 nitrogen and oxygen atoms in total. The third-order valence-electron chi connectivity index (χ3n) is 4.24. The standard InChI is InChI=1S/C21H22ClF2NO5S/c1-3-25(4-2)31(27,28)18-9-5-15(6-10-18)7-12-20(26)29-14-16-13-17(22)8-11-19(16)30-21(23)24/h5-13,21H,3-4,14H2,1-2H3/b12-7+. The van der Waals surface area contributed by atoms with E-state index in [4.69, 9.17) is 16.3 Å². The lowest BCUT2D eigenvalue weighted by Gasteiger charge is -2.18. The average Bonchev–Trinajstić information content (AvgIpc) is 2.73. The van der Waals surface area contributed by atoms with Gasteiger partial charge in [0.25, 0.3) is 0 Å². The number of hydrogen-bond donors (Lipinski definition) is 0. The van der Waals surface area contributed by atoms with Crippen molar-refractivity contribution in [2.45, 2.75) is 32.0 Å². The first kappa shape index (κ1) is 24.8. The highest BCUT2D eigenvalue weighted by molar-refractivity contribution is 7.89. The van der Waals surface area contributed by atoms with Gasteiger partial charge in [-0.3, -0.25) is 0 Å². The topological polar surface area (TPSA) is 72.9 Å². The first-order chi connectivity index (χ1) is 14.7. The molecule has 0 bridgehead atoms. The Morgan fingerprint density at radius 1 is 1.13 bits per heavy atom. The van der Waals surface area contributed by atoms with Crippen LogP contribution >= 0.6 is 11.6 Å². The van der Waals surface area contributed by atoms with Gasteiger partial charge >= 0.3 is 12.6 Å². The molecule has 2 aromatic rings. The molecule has 0 saturated carbocycles. The van der Waals surface area contributed by atoms with Gasteiger partial charge in [0.1, 0.15) is 12.4 Å². The molecule has 168 valence electrons. The van der Waals surface area contributed by atoms with Crippen LogP contribution in [0.1, 0.15) is 25.0 Å². The fraction of sp³-hybridized carbons (Fsp3) is 0.286. The Morgan fingerprint density at radius 2 is 1.77 bits per heavy atom. The molecule has 0 aliphatic carbocycles. The van der Waals surface area contributed by atoms with Crippen LogP contribution in [0, 0.1) is 0 Å². The van der Waals surface area contributed by atoms with Crippen molar-refractivity contribution in [2.75, 3.05) is 13.1 Å².